The van der Waals surface area contributed by atoms with Crippen LogP contribution >= 0.6 is 11.8 Å². The summed E-state index contributed by atoms with van der Waals surface area (Å²) in [5.41, 5.74) is 5.09. The van der Waals surface area contributed by atoms with Gasteiger partial charge in [0.15, 0.2) is 0 Å². The molecule has 2 aliphatic rings. The highest BCUT2D eigenvalue weighted by Crippen LogP contribution is 2.32. The molecule has 0 bridgehead atoms. The van der Waals surface area contributed by atoms with Crippen LogP contribution in [-0.4, -0.2) is 28.5 Å². The molecule has 0 aromatic carbocycles. The van der Waals surface area contributed by atoms with E-state index in [4.69, 9.17) is 5.73 Å². The summed E-state index contributed by atoms with van der Waals surface area (Å²) in [5, 5.41) is 4.31. The number of carbonyl (C=O) groups is 1. The van der Waals surface area contributed by atoms with Crippen molar-refractivity contribution in [1.29, 1.82) is 0 Å². The van der Waals surface area contributed by atoms with Crippen molar-refractivity contribution in [2.24, 2.45) is 11.7 Å². The highest BCUT2D eigenvalue weighted by atomic mass is 32.2. The van der Waals surface area contributed by atoms with Gasteiger partial charge in [0, 0.05) is 11.3 Å². The largest absolute Gasteiger partial charge is 0.368 e. The molecular formula is C17H32N2OS. The molecule has 1 amide bonds. The van der Waals surface area contributed by atoms with Crippen LogP contribution in [0.3, 0.4) is 0 Å². The number of unbranched alkanes of at least 4 members (excludes halogenated alkanes) is 1. The van der Waals surface area contributed by atoms with Gasteiger partial charge in [-0.25, -0.2) is 0 Å². The summed E-state index contributed by atoms with van der Waals surface area (Å²) in [6.45, 7) is 4.36. The van der Waals surface area contributed by atoms with Crippen molar-refractivity contribution in [3.63, 3.8) is 0 Å². The molecule has 2 fully saturated rings. The van der Waals surface area contributed by atoms with E-state index in [1.165, 1.54) is 50.7 Å². The number of primary amides is 1. The van der Waals surface area contributed by atoms with Gasteiger partial charge in [-0.15, -0.1) is 0 Å². The second-order valence-corrected chi connectivity index (χ2v) is 8.74. The summed E-state index contributed by atoms with van der Waals surface area (Å²) in [7, 11) is 0. The molecule has 0 aliphatic heterocycles. The summed E-state index contributed by atoms with van der Waals surface area (Å²) in [6.07, 6.45) is 11.2. The van der Waals surface area contributed by atoms with E-state index in [0.717, 1.165) is 24.0 Å². The molecule has 3 atom stereocenters. The lowest BCUT2D eigenvalue weighted by molar-refractivity contribution is -0.124. The summed E-state index contributed by atoms with van der Waals surface area (Å²) in [6, 6.07) is 0.528. The van der Waals surface area contributed by atoms with Crippen LogP contribution in [0, 0.1) is 5.92 Å². The number of amides is 1. The average molecular weight is 313 g/mol. The maximum absolute atomic E-state index is 11.7. The maximum atomic E-state index is 11.7. The fourth-order valence-electron chi connectivity index (χ4n) is 3.31. The number of nitrogens with one attached hydrogen (secondary N) is 1. The topological polar surface area (TPSA) is 55.1 Å². The standard InChI is InChI=1S/C17H32N2OS/c1-13-6-5-7-15(12-13)21-11-4-3-10-17(2,16(18)20)19-14-8-9-14/h13-15,19H,3-12H2,1-2H3,(H2,18,20). The Kier molecular flexibility index (Phi) is 6.42. The number of hydrogen-bond donors (Lipinski definition) is 2. The van der Waals surface area contributed by atoms with Crippen LogP contribution in [0.4, 0.5) is 0 Å². The monoisotopic (exact) mass is 312 g/mol. The molecule has 0 saturated heterocycles. The quantitative estimate of drug-likeness (QED) is 0.641. The number of thioether (sulfide) groups is 1. The lowest BCUT2D eigenvalue weighted by Crippen LogP contribution is -2.53. The number of nitrogens with two attached hydrogens (primary N) is 1. The van der Waals surface area contributed by atoms with Crippen LogP contribution in [-0.2, 0) is 4.79 Å². The second-order valence-electron chi connectivity index (χ2n) is 7.34. The predicted octanol–water partition coefficient (Wildman–Crippen LogP) is 3.46. The first-order chi connectivity index (χ1) is 9.99. The van der Waals surface area contributed by atoms with Crippen molar-refractivity contribution >= 4 is 17.7 Å². The zero-order valence-corrected chi connectivity index (χ0v) is 14.5. The van der Waals surface area contributed by atoms with Crippen molar-refractivity contribution in [1.82, 2.24) is 5.32 Å². The van der Waals surface area contributed by atoms with Gasteiger partial charge in [0.25, 0.3) is 0 Å². The fraction of sp³-hybridized carbons (Fsp3) is 0.941. The molecule has 2 rings (SSSR count). The van der Waals surface area contributed by atoms with Crippen molar-refractivity contribution in [3.05, 3.63) is 0 Å². The molecule has 2 saturated carbocycles. The van der Waals surface area contributed by atoms with Gasteiger partial charge in [0.2, 0.25) is 5.91 Å². The van der Waals surface area contributed by atoms with Crippen LogP contribution < -0.4 is 11.1 Å². The molecular weight excluding hydrogens is 280 g/mol. The molecule has 4 heteroatoms. The minimum atomic E-state index is -0.495. The van der Waals surface area contributed by atoms with Crippen LogP contribution in [0.15, 0.2) is 0 Å². The molecule has 0 spiro atoms. The third-order valence-corrected chi connectivity index (χ3v) is 6.38. The van der Waals surface area contributed by atoms with E-state index in [1.807, 2.05) is 6.92 Å². The van der Waals surface area contributed by atoms with Gasteiger partial charge in [0.05, 0.1) is 5.54 Å². The van der Waals surface area contributed by atoms with Gasteiger partial charge in [-0.2, -0.15) is 11.8 Å². The van der Waals surface area contributed by atoms with Gasteiger partial charge in [0.1, 0.15) is 0 Å². The highest BCUT2D eigenvalue weighted by molar-refractivity contribution is 7.99. The zero-order chi connectivity index (χ0) is 15.3. The molecule has 21 heavy (non-hydrogen) atoms. The lowest BCUT2D eigenvalue weighted by Gasteiger charge is -2.28. The molecule has 2 aliphatic carbocycles. The molecule has 122 valence electrons. The van der Waals surface area contributed by atoms with Crippen molar-refractivity contribution in [3.8, 4) is 0 Å². The Bertz CT molecular complexity index is 346. The van der Waals surface area contributed by atoms with Crippen molar-refractivity contribution in [2.75, 3.05) is 5.75 Å². The van der Waals surface area contributed by atoms with Crippen LogP contribution in [0.25, 0.3) is 0 Å². The van der Waals surface area contributed by atoms with Gasteiger partial charge in [-0.3, -0.25) is 4.79 Å². The van der Waals surface area contributed by atoms with E-state index < -0.39 is 5.54 Å². The molecule has 3 nitrogen and oxygen atoms in total. The van der Waals surface area contributed by atoms with Crippen LogP contribution in [0.1, 0.15) is 71.6 Å². The Labute approximate surface area is 134 Å². The van der Waals surface area contributed by atoms with Crippen molar-refractivity contribution < 1.29 is 4.79 Å². The van der Waals surface area contributed by atoms with Crippen LogP contribution in [0.5, 0.6) is 0 Å². The second kappa shape index (κ2) is 7.87. The Morgan fingerprint density at radius 2 is 2.05 bits per heavy atom. The molecule has 0 aromatic rings. The maximum Gasteiger partial charge on any atom is 0.237 e. The average Bonchev–Trinajstić information content (AvgIpc) is 3.22. The SMILES string of the molecule is CC1CCCC(SCCCCC(C)(NC2CC2)C(N)=O)C1. The summed E-state index contributed by atoms with van der Waals surface area (Å²) >= 11 is 2.15. The Morgan fingerprint density at radius 3 is 2.67 bits per heavy atom. The number of hydrogen-bond acceptors (Lipinski definition) is 3. The third-order valence-electron chi connectivity index (χ3n) is 4.96. The number of carbonyl (C=O) groups excluding carboxylic acids is 1. The highest BCUT2D eigenvalue weighted by Gasteiger charge is 2.36. The minimum Gasteiger partial charge on any atom is -0.368 e. The predicted molar refractivity (Wildman–Crippen MR) is 91.5 cm³/mol. The van der Waals surface area contributed by atoms with Crippen LogP contribution in [0.2, 0.25) is 0 Å². The Hall–Kier alpha value is -0.220. The lowest BCUT2D eigenvalue weighted by atomic mass is 9.91. The summed E-state index contributed by atoms with van der Waals surface area (Å²) in [5.74, 6) is 1.95. The first-order valence-corrected chi connectivity index (χ1v) is 9.74. The van der Waals surface area contributed by atoms with E-state index in [1.54, 1.807) is 0 Å². The molecule has 0 radical (unpaired) electrons. The first-order valence-electron chi connectivity index (χ1n) is 8.69. The summed E-state index contributed by atoms with van der Waals surface area (Å²) < 4.78 is 0. The smallest absolute Gasteiger partial charge is 0.237 e. The van der Waals surface area contributed by atoms with E-state index in [9.17, 15) is 4.79 Å². The zero-order valence-electron chi connectivity index (χ0n) is 13.7. The number of rotatable bonds is 9. The molecule has 3 unspecified atom stereocenters. The van der Waals surface area contributed by atoms with Gasteiger partial charge >= 0.3 is 0 Å². The third kappa shape index (κ3) is 5.82. The van der Waals surface area contributed by atoms with Gasteiger partial charge in [-0.05, 0) is 57.1 Å². The fourth-order valence-corrected chi connectivity index (χ4v) is 4.81. The van der Waals surface area contributed by atoms with Gasteiger partial charge in [-0.1, -0.05) is 26.2 Å². The molecule has 0 heterocycles. The summed E-state index contributed by atoms with van der Waals surface area (Å²) in [4.78, 5) is 11.7. The molecule has 3 N–H and O–H groups in total. The normalized spacial score (nSPS) is 29.0. The van der Waals surface area contributed by atoms with E-state index >= 15 is 0 Å². The first kappa shape index (κ1) is 17.1. The van der Waals surface area contributed by atoms with E-state index in [0.29, 0.717) is 6.04 Å². The van der Waals surface area contributed by atoms with Gasteiger partial charge < -0.3 is 11.1 Å². The Balaban J connectivity index is 1.60. The molecule has 0 aromatic heterocycles. The van der Waals surface area contributed by atoms with E-state index in [-0.39, 0.29) is 5.91 Å². The minimum absolute atomic E-state index is 0.192. The Morgan fingerprint density at radius 1 is 1.29 bits per heavy atom. The van der Waals surface area contributed by atoms with E-state index in [2.05, 4.69) is 24.0 Å². The van der Waals surface area contributed by atoms with Crippen molar-refractivity contribution in [2.45, 2.75) is 88.5 Å².